The van der Waals surface area contributed by atoms with Crippen molar-refractivity contribution in [2.75, 3.05) is 0 Å². The van der Waals surface area contributed by atoms with E-state index in [1.165, 1.54) is 45.5 Å². The zero-order valence-corrected chi connectivity index (χ0v) is 16.7. The number of hydrogen-bond acceptors (Lipinski definition) is 0. The van der Waals surface area contributed by atoms with Crippen molar-refractivity contribution in [1.29, 1.82) is 0 Å². The minimum atomic E-state index is -1.34. The second-order valence-corrected chi connectivity index (χ2v) is 13.4. The SMILES string of the molecule is C[Si]1(C)Cc2ccc(cc2)/C=C\c2ccc(cc2)Cc2cccc(c2)C1. The molecule has 0 nitrogen and oxygen atoms in total. The summed E-state index contributed by atoms with van der Waals surface area (Å²) in [7, 11) is -1.34. The van der Waals surface area contributed by atoms with E-state index in [4.69, 9.17) is 0 Å². The highest BCUT2D eigenvalue weighted by Crippen LogP contribution is 2.21. The highest BCUT2D eigenvalue weighted by atomic mass is 28.3. The molecule has 6 bridgehead atoms. The third-order valence-corrected chi connectivity index (χ3v) is 7.92. The first kappa shape index (κ1) is 17.1. The van der Waals surface area contributed by atoms with Crippen molar-refractivity contribution in [3.8, 4) is 0 Å². The molecule has 0 unspecified atom stereocenters. The van der Waals surface area contributed by atoms with Crippen molar-refractivity contribution in [2.24, 2.45) is 0 Å². The molecule has 3 aromatic carbocycles. The summed E-state index contributed by atoms with van der Waals surface area (Å²) in [5, 5.41) is 0. The van der Waals surface area contributed by atoms with E-state index in [2.05, 4.69) is 98.0 Å². The van der Waals surface area contributed by atoms with Gasteiger partial charge in [0.2, 0.25) is 0 Å². The van der Waals surface area contributed by atoms with Crippen molar-refractivity contribution in [2.45, 2.75) is 31.6 Å². The first-order valence-corrected chi connectivity index (χ1v) is 12.9. The first-order chi connectivity index (χ1) is 12.6. The van der Waals surface area contributed by atoms with Crippen LogP contribution in [0.15, 0.2) is 72.8 Å². The molecule has 3 aromatic rings. The van der Waals surface area contributed by atoms with Crippen LogP contribution < -0.4 is 0 Å². The second kappa shape index (κ2) is 7.09. The van der Waals surface area contributed by atoms with Crippen LogP contribution in [0.4, 0.5) is 0 Å². The van der Waals surface area contributed by atoms with Crippen molar-refractivity contribution in [3.63, 3.8) is 0 Å². The maximum atomic E-state index is 2.51. The summed E-state index contributed by atoms with van der Waals surface area (Å²) >= 11 is 0. The molecule has 6 rings (SSSR count). The molecule has 0 spiro atoms. The molecule has 0 saturated heterocycles. The topological polar surface area (TPSA) is 0 Å². The monoisotopic (exact) mass is 354 g/mol. The molecule has 0 N–H and O–H groups in total. The van der Waals surface area contributed by atoms with Gasteiger partial charge >= 0.3 is 0 Å². The second-order valence-electron chi connectivity index (χ2n) is 8.33. The van der Waals surface area contributed by atoms with E-state index < -0.39 is 8.07 Å². The summed E-state index contributed by atoms with van der Waals surface area (Å²) in [5.74, 6) is 0. The number of hydrogen-bond donors (Lipinski definition) is 0. The van der Waals surface area contributed by atoms with E-state index in [-0.39, 0.29) is 0 Å². The largest absolute Gasteiger partial charge is 0.0689 e. The molecule has 0 atom stereocenters. The first-order valence-electron chi connectivity index (χ1n) is 9.50. The van der Waals surface area contributed by atoms with E-state index in [0.717, 1.165) is 6.42 Å². The Hall–Kier alpha value is -2.38. The molecule has 3 heterocycles. The highest BCUT2D eigenvalue weighted by Gasteiger charge is 2.22. The number of rotatable bonds is 0. The van der Waals surface area contributed by atoms with Gasteiger partial charge in [0, 0.05) is 0 Å². The molecule has 0 amide bonds. The average molecular weight is 355 g/mol. The fourth-order valence-electron chi connectivity index (χ4n) is 3.94. The maximum Gasteiger partial charge on any atom is 0.0561 e. The Bertz CT molecular complexity index is 915. The van der Waals surface area contributed by atoms with Crippen LogP contribution in [0.3, 0.4) is 0 Å². The Labute approximate surface area is 158 Å². The molecule has 3 aliphatic heterocycles. The van der Waals surface area contributed by atoms with Crippen LogP contribution in [0.5, 0.6) is 0 Å². The van der Waals surface area contributed by atoms with Crippen LogP contribution in [0.2, 0.25) is 13.1 Å². The van der Waals surface area contributed by atoms with Crippen molar-refractivity contribution in [1.82, 2.24) is 0 Å². The molecule has 0 aromatic heterocycles. The predicted molar refractivity (Wildman–Crippen MR) is 116 cm³/mol. The molecule has 0 radical (unpaired) electrons. The summed E-state index contributed by atoms with van der Waals surface area (Å²) < 4.78 is 0. The van der Waals surface area contributed by atoms with Crippen LogP contribution in [0, 0.1) is 0 Å². The molecule has 130 valence electrons. The lowest BCUT2D eigenvalue weighted by atomic mass is 10.0. The standard InChI is InChI=1S/C25H26Si/c1-26(2)18-23-14-10-21(11-15-23)7-6-20-8-12-22(13-9-20)16-24-4-3-5-25(17-24)19-26/h3-15,17H,16,18-19H2,1-2H3/b7-6-. The number of fused-ring (bicyclic) bond motifs is 2. The maximum absolute atomic E-state index is 2.51. The van der Waals surface area contributed by atoms with Crippen LogP contribution in [0.1, 0.15) is 33.4 Å². The minimum absolute atomic E-state index is 1.01. The van der Waals surface area contributed by atoms with Crippen molar-refractivity contribution < 1.29 is 0 Å². The predicted octanol–water partition coefficient (Wildman–Crippen LogP) is 6.33. The molecule has 26 heavy (non-hydrogen) atoms. The van der Waals surface area contributed by atoms with E-state index in [0.29, 0.717) is 0 Å². The quantitative estimate of drug-likeness (QED) is 0.414. The van der Waals surface area contributed by atoms with Gasteiger partial charge < -0.3 is 0 Å². The Kier molecular flexibility index (Phi) is 4.65. The molecule has 0 aliphatic carbocycles. The van der Waals surface area contributed by atoms with Gasteiger partial charge in [-0.05, 0) is 40.8 Å². The summed E-state index contributed by atoms with van der Waals surface area (Å²) in [6, 6.07) is 29.8. The van der Waals surface area contributed by atoms with Gasteiger partial charge in [0.15, 0.2) is 0 Å². The summed E-state index contributed by atoms with van der Waals surface area (Å²) in [4.78, 5) is 0. The Morgan fingerprint density at radius 2 is 1.12 bits per heavy atom. The Morgan fingerprint density at radius 1 is 0.577 bits per heavy atom. The summed E-state index contributed by atoms with van der Waals surface area (Å²) in [6.07, 6.45) is 5.43. The molecular formula is C25H26Si. The average Bonchev–Trinajstić information content (AvgIpc) is 2.61. The Morgan fingerprint density at radius 3 is 1.77 bits per heavy atom. The van der Waals surface area contributed by atoms with Gasteiger partial charge in [0.25, 0.3) is 0 Å². The zero-order valence-electron chi connectivity index (χ0n) is 15.7. The third-order valence-electron chi connectivity index (χ3n) is 5.19. The van der Waals surface area contributed by atoms with Gasteiger partial charge in [0.05, 0.1) is 8.07 Å². The molecule has 1 heteroatoms. The fourth-order valence-corrected chi connectivity index (χ4v) is 6.73. The summed E-state index contributed by atoms with van der Waals surface area (Å²) in [6.45, 7) is 5.03. The zero-order chi connectivity index (χ0) is 18.0. The van der Waals surface area contributed by atoms with Gasteiger partial charge in [-0.1, -0.05) is 109 Å². The van der Waals surface area contributed by atoms with Gasteiger partial charge in [-0.15, -0.1) is 0 Å². The molecule has 0 fully saturated rings. The van der Waals surface area contributed by atoms with Gasteiger partial charge in [-0.2, -0.15) is 0 Å². The minimum Gasteiger partial charge on any atom is -0.0689 e. The lowest BCUT2D eigenvalue weighted by Gasteiger charge is -2.23. The van der Waals surface area contributed by atoms with Crippen LogP contribution in [-0.4, -0.2) is 8.07 Å². The molecule has 3 aliphatic rings. The highest BCUT2D eigenvalue weighted by molar-refractivity contribution is 6.76. The van der Waals surface area contributed by atoms with Crippen molar-refractivity contribution >= 4 is 20.2 Å². The van der Waals surface area contributed by atoms with Crippen molar-refractivity contribution in [3.05, 3.63) is 106 Å². The van der Waals surface area contributed by atoms with E-state index in [1.54, 1.807) is 0 Å². The smallest absolute Gasteiger partial charge is 0.0561 e. The van der Waals surface area contributed by atoms with Crippen LogP contribution in [0.25, 0.3) is 12.2 Å². The van der Waals surface area contributed by atoms with E-state index in [9.17, 15) is 0 Å². The Balaban J connectivity index is 1.75. The van der Waals surface area contributed by atoms with Gasteiger partial charge in [0.1, 0.15) is 0 Å². The summed E-state index contributed by atoms with van der Waals surface area (Å²) in [5.41, 5.74) is 8.30. The lowest BCUT2D eigenvalue weighted by Crippen LogP contribution is -2.32. The van der Waals surface area contributed by atoms with Gasteiger partial charge in [-0.25, -0.2) is 0 Å². The lowest BCUT2D eigenvalue weighted by molar-refractivity contribution is 1.15. The third kappa shape index (κ3) is 4.23. The molecule has 0 saturated carbocycles. The van der Waals surface area contributed by atoms with Gasteiger partial charge in [-0.3, -0.25) is 0 Å². The van der Waals surface area contributed by atoms with E-state index in [1.807, 2.05) is 0 Å². The van der Waals surface area contributed by atoms with Crippen LogP contribution >= 0.6 is 0 Å². The normalized spacial score (nSPS) is 17.0. The fraction of sp³-hybridized carbons (Fsp3) is 0.200. The number of benzene rings is 3. The molecular weight excluding hydrogens is 328 g/mol. The van der Waals surface area contributed by atoms with E-state index >= 15 is 0 Å². The van der Waals surface area contributed by atoms with Crippen LogP contribution in [-0.2, 0) is 18.5 Å².